The molecule has 0 bridgehead atoms. The zero-order valence-corrected chi connectivity index (χ0v) is 12.0. The van der Waals surface area contributed by atoms with Crippen molar-refractivity contribution in [2.45, 2.75) is 17.1 Å². The van der Waals surface area contributed by atoms with Gasteiger partial charge >= 0.3 is 5.97 Å². The van der Waals surface area contributed by atoms with Crippen LogP contribution < -0.4 is 5.73 Å². The molecule has 6 nitrogen and oxygen atoms in total. The molecular formula is C10H9BrFNO5S. The normalized spacial score (nSPS) is 13.0. The highest BCUT2D eigenvalue weighted by molar-refractivity contribution is 9.10. The Labute approximate surface area is 116 Å². The summed E-state index contributed by atoms with van der Waals surface area (Å²) in [7, 11) is -4.39. The van der Waals surface area contributed by atoms with Crippen molar-refractivity contribution in [1.29, 1.82) is 0 Å². The summed E-state index contributed by atoms with van der Waals surface area (Å²) in [6.07, 6.45) is 0. The molecule has 0 heterocycles. The summed E-state index contributed by atoms with van der Waals surface area (Å²) in [4.78, 5) is 20.9. The van der Waals surface area contributed by atoms with E-state index in [2.05, 4.69) is 15.9 Å². The minimum absolute atomic E-state index is 0.0570. The second-order valence-electron chi connectivity index (χ2n) is 3.66. The first kappa shape index (κ1) is 15.6. The number of carbonyl (C=O) groups is 2. The van der Waals surface area contributed by atoms with Crippen LogP contribution in [0.1, 0.15) is 17.3 Å². The number of hydrogen-bond donors (Lipinski definition) is 2. The van der Waals surface area contributed by atoms with Crippen LogP contribution in [0.2, 0.25) is 0 Å². The molecule has 1 rings (SSSR count). The Bertz CT molecular complexity index is 658. The lowest BCUT2D eigenvalue weighted by molar-refractivity contribution is -0.117. The van der Waals surface area contributed by atoms with Crippen LogP contribution >= 0.6 is 15.9 Å². The van der Waals surface area contributed by atoms with Crippen LogP contribution in [0, 0.1) is 5.82 Å². The fourth-order valence-corrected chi connectivity index (χ4v) is 3.22. The van der Waals surface area contributed by atoms with E-state index in [0.29, 0.717) is 0 Å². The lowest BCUT2D eigenvalue weighted by Crippen LogP contribution is -2.33. The zero-order valence-electron chi connectivity index (χ0n) is 9.55. The number of aromatic carboxylic acids is 1. The molecule has 19 heavy (non-hydrogen) atoms. The molecule has 1 amide bonds. The summed E-state index contributed by atoms with van der Waals surface area (Å²) >= 11 is 2.88. The highest BCUT2D eigenvalue weighted by Gasteiger charge is 2.32. The van der Waals surface area contributed by atoms with Gasteiger partial charge in [-0.05, 0) is 19.1 Å². The Kier molecular flexibility index (Phi) is 4.31. The maximum Gasteiger partial charge on any atom is 0.338 e. The quantitative estimate of drug-likeness (QED) is 0.835. The van der Waals surface area contributed by atoms with Crippen molar-refractivity contribution in [2.24, 2.45) is 5.73 Å². The van der Waals surface area contributed by atoms with E-state index in [1.807, 2.05) is 0 Å². The predicted molar refractivity (Wildman–Crippen MR) is 66.9 cm³/mol. The smallest absolute Gasteiger partial charge is 0.338 e. The van der Waals surface area contributed by atoms with Gasteiger partial charge in [0.05, 0.1) is 5.56 Å². The van der Waals surface area contributed by atoms with Gasteiger partial charge in [-0.25, -0.2) is 17.6 Å². The van der Waals surface area contributed by atoms with Gasteiger partial charge in [0.1, 0.15) is 10.1 Å². The molecule has 0 aliphatic rings. The second kappa shape index (κ2) is 5.25. The number of rotatable bonds is 4. The Hall–Kier alpha value is -1.48. The van der Waals surface area contributed by atoms with Gasteiger partial charge in [0.25, 0.3) is 0 Å². The summed E-state index contributed by atoms with van der Waals surface area (Å²) in [6.45, 7) is 0.998. The number of halogens is 2. The largest absolute Gasteiger partial charge is 0.478 e. The Morgan fingerprint density at radius 1 is 1.42 bits per heavy atom. The Morgan fingerprint density at radius 2 is 1.95 bits per heavy atom. The van der Waals surface area contributed by atoms with Crippen molar-refractivity contribution in [2.75, 3.05) is 0 Å². The van der Waals surface area contributed by atoms with Crippen LogP contribution in [-0.2, 0) is 14.6 Å². The molecule has 0 aliphatic heterocycles. The third-order valence-corrected chi connectivity index (χ3v) is 4.94. The lowest BCUT2D eigenvalue weighted by Gasteiger charge is -2.12. The number of carboxylic acids is 1. The molecule has 0 aromatic heterocycles. The fourth-order valence-electron chi connectivity index (χ4n) is 1.27. The first-order valence-corrected chi connectivity index (χ1v) is 7.18. The highest BCUT2D eigenvalue weighted by atomic mass is 79.9. The van der Waals surface area contributed by atoms with E-state index in [1.54, 1.807) is 0 Å². The summed E-state index contributed by atoms with van der Waals surface area (Å²) < 4.78 is 37.9. The van der Waals surface area contributed by atoms with Gasteiger partial charge in [0.2, 0.25) is 5.91 Å². The molecular weight excluding hydrogens is 345 g/mol. The van der Waals surface area contributed by atoms with Gasteiger partial charge in [-0.2, -0.15) is 0 Å². The van der Waals surface area contributed by atoms with Crippen molar-refractivity contribution in [3.8, 4) is 0 Å². The van der Waals surface area contributed by atoms with Crippen LogP contribution in [0.3, 0.4) is 0 Å². The average molecular weight is 354 g/mol. The average Bonchev–Trinajstić information content (AvgIpc) is 2.29. The predicted octanol–water partition coefficient (Wildman–Crippen LogP) is 0.934. The molecule has 0 radical (unpaired) electrons. The van der Waals surface area contributed by atoms with E-state index >= 15 is 0 Å². The van der Waals surface area contributed by atoms with E-state index in [1.165, 1.54) is 0 Å². The molecule has 0 spiro atoms. The maximum absolute atomic E-state index is 13.9. The number of carbonyl (C=O) groups excluding carboxylic acids is 1. The standard InChI is InChI=1S/C10H9BrFNO5S/c1-4(9(13)14)19(17,18)7-3-5(11)2-6(8(7)12)10(15)16/h2-4H,1H3,(H2,13,14)(H,15,16). The SMILES string of the molecule is CC(C(N)=O)S(=O)(=O)c1cc(Br)cc(C(=O)O)c1F. The molecule has 9 heteroatoms. The number of amides is 1. The maximum atomic E-state index is 13.9. The van der Waals surface area contributed by atoms with Crippen LogP contribution in [0.5, 0.6) is 0 Å². The molecule has 0 saturated carbocycles. The summed E-state index contributed by atoms with van der Waals surface area (Å²) in [6, 6.07) is 1.81. The molecule has 0 fully saturated rings. The van der Waals surface area contributed by atoms with Gasteiger partial charge in [0.15, 0.2) is 15.7 Å². The molecule has 1 aromatic rings. The van der Waals surface area contributed by atoms with Crippen molar-refractivity contribution in [3.63, 3.8) is 0 Å². The fraction of sp³-hybridized carbons (Fsp3) is 0.200. The van der Waals surface area contributed by atoms with E-state index < -0.39 is 43.2 Å². The Balaban J connectivity index is 3.61. The first-order chi connectivity index (χ1) is 8.59. The van der Waals surface area contributed by atoms with Crippen LogP contribution in [0.25, 0.3) is 0 Å². The van der Waals surface area contributed by atoms with Gasteiger partial charge in [0, 0.05) is 4.47 Å². The summed E-state index contributed by atoms with van der Waals surface area (Å²) in [5, 5.41) is 7.11. The summed E-state index contributed by atoms with van der Waals surface area (Å²) in [5.41, 5.74) is 4.06. The molecule has 1 unspecified atom stereocenters. The van der Waals surface area contributed by atoms with Crippen LogP contribution in [-0.4, -0.2) is 30.7 Å². The van der Waals surface area contributed by atoms with Gasteiger partial charge < -0.3 is 10.8 Å². The monoisotopic (exact) mass is 353 g/mol. The third-order valence-electron chi connectivity index (χ3n) is 2.41. The molecule has 0 aliphatic carbocycles. The topological polar surface area (TPSA) is 115 Å². The third kappa shape index (κ3) is 2.92. The van der Waals surface area contributed by atoms with Crippen LogP contribution in [0.15, 0.2) is 21.5 Å². The number of nitrogens with two attached hydrogens (primary N) is 1. The van der Waals surface area contributed by atoms with E-state index in [9.17, 15) is 22.4 Å². The van der Waals surface area contributed by atoms with E-state index in [0.717, 1.165) is 19.1 Å². The minimum atomic E-state index is -4.39. The van der Waals surface area contributed by atoms with E-state index in [4.69, 9.17) is 10.8 Å². The zero-order chi connectivity index (χ0) is 15.0. The minimum Gasteiger partial charge on any atom is -0.478 e. The molecule has 1 atom stereocenters. The molecule has 3 N–H and O–H groups in total. The Morgan fingerprint density at radius 3 is 2.37 bits per heavy atom. The number of hydrogen-bond acceptors (Lipinski definition) is 4. The van der Waals surface area contributed by atoms with Crippen molar-refractivity contribution in [1.82, 2.24) is 0 Å². The number of benzene rings is 1. The first-order valence-electron chi connectivity index (χ1n) is 4.84. The second-order valence-corrected chi connectivity index (χ2v) is 6.81. The van der Waals surface area contributed by atoms with Gasteiger partial charge in [-0.1, -0.05) is 15.9 Å². The lowest BCUT2D eigenvalue weighted by atomic mass is 10.2. The molecule has 1 aromatic carbocycles. The van der Waals surface area contributed by atoms with Gasteiger partial charge in [-0.3, -0.25) is 4.79 Å². The number of primary amides is 1. The van der Waals surface area contributed by atoms with Crippen molar-refractivity contribution >= 4 is 37.6 Å². The molecule has 0 saturated heterocycles. The summed E-state index contributed by atoms with van der Waals surface area (Å²) in [5.74, 6) is -4.21. The van der Waals surface area contributed by atoms with E-state index in [-0.39, 0.29) is 4.47 Å². The molecule has 104 valence electrons. The number of carboxylic acid groups (broad SMARTS) is 1. The van der Waals surface area contributed by atoms with Crippen molar-refractivity contribution in [3.05, 3.63) is 28.0 Å². The van der Waals surface area contributed by atoms with Crippen LogP contribution in [0.4, 0.5) is 4.39 Å². The highest BCUT2D eigenvalue weighted by Crippen LogP contribution is 2.26. The number of sulfone groups is 1. The van der Waals surface area contributed by atoms with Crippen molar-refractivity contribution < 1.29 is 27.5 Å². The van der Waals surface area contributed by atoms with Gasteiger partial charge in [-0.15, -0.1) is 0 Å².